The van der Waals surface area contributed by atoms with Gasteiger partial charge in [0.2, 0.25) is 0 Å². The van der Waals surface area contributed by atoms with Crippen LogP contribution in [0.4, 0.5) is 11.4 Å². The average molecular weight is 693 g/mol. The SMILES string of the molecule is C[N+](C)(Cc1ccccc1)c1ccccc1Cc1ccccc1.C[N+](C)(Cc1ccccc1)c1ccccc1Cc1ccccc1.O=C([O-])C(=O)[O-]. The number of nitrogens with zero attached hydrogens (tertiary/aromatic N) is 2. The third-order valence-corrected chi connectivity index (χ3v) is 8.77. The Morgan fingerprint density at radius 3 is 0.923 bits per heavy atom. The van der Waals surface area contributed by atoms with Gasteiger partial charge in [-0.25, -0.2) is 0 Å². The van der Waals surface area contributed by atoms with Gasteiger partial charge in [0.05, 0.1) is 40.1 Å². The van der Waals surface area contributed by atoms with E-state index in [9.17, 15) is 0 Å². The summed E-state index contributed by atoms with van der Waals surface area (Å²) >= 11 is 0. The summed E-state index contributed by atoms with van der Waals surface area (Å²) in [7, 11) is 9.15. The van der Waals surface area contributed by atoms with E-state index in [-0.39, 0.29) is 0 Å². The van der Waals surface area contributed by atoms with Gasteiger partial charge in [0, 0.05) is 35.1 Å². The number of carboxylic acids is 2. The van der Waals surface area contributed by atoms with Crippen LogP contribution >= 0.6 is 0 Å². The van der Waals surface area contributed by atoms with Crippen molar-refractivity contribution in [3.05, 3.63) is 203 Å². The molecule has 6 heteroatoms. The quantitative estimate of drug-likeness (QED) is 0.120. The molecule has 0 aliphatic heterocycles. The Balaban J connectivity index is 0.000000202. The number of para-hydroxylation sites is 2. The highest BCUT2D eigenvalue weighted by atomic mass is 16.4. The van der Waals surface area contributed by atoms with Crippen molar-refractivity contribution in [2.45, 2.75) is 25.9 Å². The van der Waals surface area contributed by atoms with Gasteiger partial charge >= 0.3 is 0 Å². The van der Waals surface area contributed by atoms with Crippen molar-refractivity contribution < 1.29 is 19.8 Å². The molecule has 0 aliphatic rings. The van der Waals surface area contributed by atoms with Crippen LogP contribution in [0.1, 0.15) is 33.4 Å². The molecule has 52 heavy (non-hydrogen) atoms. The van der Waals surface area contributed by atoms with E-state index in [4.69, 9.17) is 19.8 Å². The first kappa shape index (κ1) is 39.0. The molecule has 6 nitrogen and oxygen atoms in total. The van der Waals surface area contributed by atoms with E-state index < -0.39 is 11.9 Å². The number of rotatable bonds is 10. The largest absolute Gasteiger partial charge is 0.543 e. The molecular formula is C46H48N2O4. The summed E-state index contributed by atoms with van der Waals surface area (Å²) in [5.41, 5.74) is 11.0. The second-order valence-electron chi connectivity index (χ2n) is 13.8. The van der Waals surface area contributed by atoms with Gasteiger partial charge in [0.1, 0.15) is 24.5 Å². The Morgan fingerprint density at radius 1 is 0.385 bits per heavy atom. The molecule has 6 aromatic rings. The van der Waals surface area contributed by atoms with Crippen molar-refractivity contribution in [3.8, 4) is 0 Å². The molecule has 0 amide bonds. The van der Waals surface area contributed by atoms with Crippen molar-refractivity contribution in [2.24, 2.45) is 0 Å². The summed E-state index contributed by atoms with van der Waals surface area (Å²) in [6.07, 6.45) is 1.96. The molecular weight excluding hydrogens is 645 g/mol. The molecule has 0 radical (unpaired) electrons. The van der Waals surface area contributed by atoms with Gasteiger partial charge in [-0.3, -0.25) is 8.97 Å². The maximum atomic E-state index is 8.93. The predicted octanol–water partition coefficient (Wildman–Crippen LogP) is 6.58. The van der Waals surface area contributed by atoms with Crippen LogP contribution in [0.5, 0.6) is 0 Å². The van der Waals surface area contributed by atoms with E-state index in [1.807, 2.05) is 0 Å². The van der Waals surface area contributed by atoms with Crippen LogP contribution in [-0.2, 0) is 35.5 Å². The lowest BCUT2D eigenvalue weighted by atomic mass is 10.0. The summed E-state index contributed by atoms with van der Waals surface area (Å²) in [6.45, 7) is 1.99. The van der Waals surface area contributed by atoms with Crippen LogP contribution < -0.4 is 19.2 Å². The maximum Gasteiger partial charge on any atom is 0.136 e. The van der Waals surface area contributed by atoms with Gasteiger partial charge in [-0.1, -0.05) is 158 Å². The van der Waals surface area contributed by atoms with Crippen LogP contribution in [0, 0.1) is 0 Å². The lowest BCUT2D eigenvalue weighted by Gasteiger charge is -2.31. The number of benzene rings is 6. The Labute approximate surface area is 308 Å². The van der Waals surface area contributed by atoms with Crippen molar-refractivity contribution in [1.29, 1.82) is 0 Å². The molecule has 0 saturated carbocycles. The first-order valence-corrected chi connectivity index (χ1v) is 17.4. The van der Waals surface area contributed by atoms with Crippen molar-refractivity contribution in [1.82, 2.24) is 8.97 Å². The monoisotopic (exact) mass is 692 g/mol. The molecule has 266 valence electrons. The number of aliphatic carboxylic acids is 2. The molecule has 0 saturated heterocycles. The second-order valence-corrected chi connectivity index (χ2v) is 13.8. The van der Waals surface area contributed by atoms with E-state index in [1.54, 1.807) is 0 Å². The van der Waals surface area contributed by atoms with Crippen LogP contribution in [0.25, 0.3) is 0 Å². The van der Waals surface area contributed by atoms with Gasteiger partial charge in [0.25, 0.3) is 0 Å². The molecule has 0 unspecified atom stereocenters. The molecule has 0 aliphatic carbocycles. The minimum atomic E-state index is -2.19. The zero-order valence-corrected chi connectivity index (χ0v) is 30.5. The van der Waals surface area contributed by atoms with Gasteiger partial charge in [-0.05, 0) is 23.3 Å². The third kappa shape index (κ3) is 12.2. The van der Waals surface area contributed by atoms with E-state index >= 15 is 0 Å². The fourth-order valence-corrected chi connectivity index (χ4v) is 6.38. The molecule has 0 spiro atoms. The summed E-state index contributed by atoms with van der Waals surface area (Å²) in [5.74, 6) is -4.37. The summed E-state index contributed by atoms with van der Waals surface area (Å²) < 4.78 is 1.71. The highest BCUT2D eigenvalue weighted by molar-refractivity contribution is 6.25. The standard InChI is InChI=1S/2C22H24N.C2H2O4/c2*1-23(2,18-20-13-7-4-8-14-20)22-16-10-9-15-21(22)17-19-11-5-3-6-12-19;3-1(4)2(5)6/h2*3-16H,17-18H2,1-2H3;(H,3,4)(H,5,6)/q2*+1;/p-2. The molecule has 6 aromatic carbocycles. The number of hydrogen-bond donors (Lipinski definition) is 0. The van der Waals surface area contributed by atoms with Crippen LogP contribution in [0.15, 0.2) is 170 Å². The lowest BCUT2D eigenvalue weighted by molar-refractivity contribution is -0.345. The Kier molecular flexibility index (Phi) is 14.2. The van der Waals surface area contributed by atoms with E-state index in [0.717, 1.165) is 34.9 Å². The zero-order valence-electron chi connectivity index (χ0n) is 30.5. The number of carboxylic acid groups (broad SMARTS) is 2. The van der Waals surface area contributed by atoms with Gasteiger partial charge in [-0.2, -0.15) is 0 Å². The topological polar surface area (TPSA) is 80.3 Å². The predicted molar refractivity (Wildman–Crippen MR) is 209 cm³/mol. The Bertz CT molecular complexity index is 1830. The first-order valence-electron chi connectivity index (χ1n) is 17.4. The van der Waals surface area contributed by atoms with E-state index in [1.165, 1.54) is 44.8 Å². The van der Waals surface area contributed by atoms with Gasteiger partial charge in [-0.15, -0.1) is 0 Å². The van der Waals surface area contributed by atoms with Crippen molar-refractivity contribution in [3.63, 3.8) is 0 Å². The molecule has 0 N–H and O–H groups in total. The van der Waals surface area contributed by atoms with Gasteiger partial charge in [0.15, 0.2) is 0 Å². The Morgan fingerprint density at radius 2 is 0.635 bits per heavy atom. The number of carbonyl (C=O) groups is 2. The Hall–Kier alpha value is -5.82. The van der Waals surface area contributed by atoms with Crippen LogP contribution in [-0.4, -0.2) is 40.1 Å². The summed E-state index contributed by atoms with van der Waals surface area (Å²) in [4.78, 5) is 17.9. The zero-order chi connectivity index (χ0) is 37.4. The van der Waals surface area contributed by atoms with Crippen LogP contribution in [0.3, 0.4) is 0 Å². The van der Waals surface area contributed by atoms with Crippen molar-refractivity contribution in [2.75, 3.05) is 28.2 Å². The average Bonchev–Trinajstić information content (AvgIpc) is 3.14. The number of quaternary nitrogens is 2. The van der Waals surface area contributed by atoms with Gasteiger partial charge < -0.3 is 19.8 Å². The highest BCUT2D eigenvalue weighted by Crippen LogP contribution is 2.30. The first-order chi connectivity index (χ1) is 24.9. The minimum Gasteiger partial charge on any atom is -0.543 e. The van der Waals surface area contributed by atoms with E-state index in [0.29, 0.717) is 0 Å². The summed E-state index contributed by atoms with van der Waals surface area (Å²) in [6, 6.07) is 60.5. The smallest absolute Gasteiger partial charge is 0.136 e. The van der Waals surface area contributed by atoms with Crippen LogP contribution in [0.2, 0.25) is 0 Å². The minimum absolute atomic E-state index is 0.854. The molecule has 0 atom stereocenters. The molecule has 0 aromatic heterocycles. The highest BCUT2D eigenvalue weighted by Gasteiger charge is 2.24. The normalized spacial score (nSPS) is 10.9. The maximum absolute atomic E-state index is 8.93. The lowest BCUT2D eigenvalue weighted by Crippen LogP contribution is -2.42. The molecule has 0 fully saturated rings. The number of hydrogen-bond acceptors (Lipinski definition) is 4. The number of carbonyl (C=O) groups excluding carboxylic acids is 2. The molecule has 0 bridgehead atoms. The fraction of sp³-hybridized carbons (Fsp3) is 0.174. The van der Waals surface area contributed by atoms with E-state index in [2.05, 4.69) is 198 Å². The third-order valence-electron chi connectivity index (χ3n) is 8.77. The fourth-order valence-electron chi connectivity index (χ4n) is 6.38. The van der Waals surface area contributed by atoms with Crippen molar-refractivity contribution >= 4 is 23.3 Å². The molecule has 6 rings (SSSR count). The molecule has 0 heterocycles. The second kappa shape index (κ2) is 19.0. The summed E-state index contributed by atoms with van der Waals surface area (Å²) in [5, 5.41) is 17.9.